The Labute approximate surface area is 127 Å². The molecule has 2 saturated heterocycles. The summed E-state index contributed by atoms with van der Waals surface area (Å²) in [6.07, 6.45) is -0.404. The molecule has 2 aliphatic heterocycles. The fraction of sp³-hybridized carbons (Fsp3) is 0.769. The van der Waals surface area contributed by atoms with E-state index in [4.69, 9.17) is 4.74 Å². The van der Waals surface area contributed by atoms with Crippen LogP contribution in [0.3, 0.4) is 0 Å². The lowest BCUT2D eigenvalue weighted by molar-refractivity contribution is -0.144. The van der Waals surface area contributed by atoms with E-state index in [1.54, 1.807) is 0 Å². The van der Waals surface area contributed by atoms with Gasteiger partial charge in [-0.1, -0.05) is 0 Å². The third-order valence-corrected chi connectivity index (χ3v) is 3.79. The monoisotopic (exact) mass is 315 g/mol. The average Bonchev–Trinajstić information content (AvgIpc) is 2.94. The van der Waals surface area contributed by atoms with Gasteiger partial charge in [-0.3, -0.25) is 4.79 Å². The number of aliphatic hydroxyl groups excluding tert-OH is 1. The number of amides is 3. The number of urea groups is 1. The maximum absolute atomic E-state index is 12.1. The van der Waals surface area contributed by atoms with Crippen molar-refractivity contribution in [3.05, 3.63) is 0 Å². The minimum absolute atomic E-state index is 0.176. The minimum Gasteiger partial charge on any atom is -0.480 e. The highest BCUT2D eigenvalue weighted by Crippen LogP contribution is 2.10. The number of aliphatic carboxylic acids is 1. The number of morpholine rings is 1. The number of nitrogens with one attached hydrogen (secondary N) is 1. The number of hydrogen-bond acceptors (Lipinski definition) is 5. The van der Waals surface area contributed by atoms with Crippen molar-refractivity contribution >= 4 is 17.9 Å². The highest BCUT2D eigenvalue weighted by Gasteiger charge is 2.30. The molecule has 0 aliphatic carbocycles. The predicted octanol–water partition coefficient (Wildman–Crippen LogP) is -1.54. The van der Waals surface area contributed by atoms with Gasteiger partial charge in [0.05, 0.1) is 25.7 Å². The van der Waals surface area contributed by atoms with E-state index in [0.717, 1.165) is 0 Å². The van der Waals surface area contributed by atoms with Crippen molar-refractivity contribution in [1.29, 1.82) is 0 Å². The second kappa shape index (κ2) is 7.41. The third-order valence-electron chi connectivity index (χ3n) is 3.79. The molecule has 3 N–H and O–H groups in total. The van der Waals surface area contributed by atoms with Gasteiger partial charge in [-0.15, -0.1) is 0 Å². The summed E-state index contributed by atoms with van der Waals surface area (Å²) in [6.45, 7) is 2.27. The van der Waals surface area contributed by atoms with Gasteiger partial charge in [0, 0.05) is 26.2 Å². The molecule has 0 saturated carbocycles. The van der Waals surface area contributed by atoms with Gasteiger partial charge in [0.25, 0.3) is 0 Å². The summed E-state index contributed by atoms with van der Waals surface area (Å²) in [6, 6.07) is -1.85. The zero-order chi connectivity index (χ0) is 16.1. The number of carbonyl (C=O) groups is 3. The number of carboxylic acids is 1. The fourth-order valence-electron chi connectivity index (χ4n) is 2.48. The summed E-state index contributed by atoms with van der Waals surface area (Å²) in [7, 11) is 0. The maximum atomic E-state index is 12.1. The average molecular weight is 315 g/mol. The Kier molecular flexibility index (Phi) is 5.56. The molecule has 2 atom stereocenters. The standard InChI is InChI=1S/C13H21N3O6/c17-9-1-2-16(8-9)13(21)14-10(12(19)20)7-11(18)15-3-5-22-6-4-15/h9-10,17H,1-8H2,(H,14,21)(H,19,20)/t9-,10-/m1/s1. The Morgan fingerprint density at radius 3 is 2.41 bits per heavy atom. The lowest BCUT2D eigenvalue weighted by Crippen LogP contribution is -2.50. The Morgan fingerprint density at radius 1 is 1.18 bits per heavy atom. The molecule has 2 heterocycles. The number of carboxylic acid groups (broad SMARTS) is 1. The second-order valence-electron chi connectivity index (χ2n) is 5.43. The Bertz CT molecular complexity index is 419. The number of aliphatic hydroxyl groups is 1. The number of ether oxygens (including phenoxy) is 1. The van der Waals surface area contributed by atoms with Gasteiger partial charge >= 0.3 is 12.0 Å². The van der Waals surface area contributed by atoms with Crippen LogP contribution in [0.15, 0.2) is 0 Å². The van der Waals surface area contributed by atoms with Crippen molar-refractivity contribution < 1.29 is 29.3 Å². The molecule has 0 spiro atoms. The van der Waals surface area contributed by atoms with Gasteiger partial charge in [0.15, 0.2) is 0 Å². The van der Waals surface area contributed by atoms with Crippen molar-refractivity contribution in [2.75, 3.05) is 39.4 Å². The van der Waals surface area contributed by atoms with Crippen molar-refractivity contribution in [3.8, 4) is 0 Å². The Morgan fingerprint density at radius 2 is 1.86 bits per heavy atom. The highest BCUT2D eigenvalue weighted by molar-refractivity contribution is 5.88. The molecular weight excluding hydrogens is 294 g/mol. The van der Waals surface area contributed by atoms with Gasteiger partial charge < -0.3 is 30.1 Å². The van der Waals surface area contributed by atoms with E-state index in [1.807, 2.05) is 0 Å². The van der Waals surface area contributed by atoms with Crippen molar-refractivity contribution in [2.24, 2.45) is 0 Å². The summed E-state index contributed by atoms with van der Waals surface area (Å²) >= 11 is 0. The molecule has 0 aromatic carbocycles. The van der Waals surface area contributed by atoms with Crippen LogP contribution in [0.1, 0.15) is 12.8 Å². The molecule has 9 heteroatoms. The first-order valence-electron chi connectivity index (χ1n) is 7.29. The number of hydrogen-bond donors (Lipinski definition) is 3. The van der Waals surface area contributed by atoms with E-state index in [-0.39, 0.29) is 18.9 Å². The van der Waals surface area contributed by atoms with Crippen LogP contribution in [-0.4, -0.2) is 89.5 Å². The van der Waals surface area contributed by atoms with Crippen LogP contribution in [0, 0.1) is 0 Å². The molecule has 0 bridgehead atoms. The largest absolute Gasteiger partial charge is 0.480 e. The molecular formula is C13H21N3O6. The van der Waals surface area contributed by atoms with Crippen LogP contribution in [-0.2, 0) is 14.3 Å². The summed E-state index contributed by atoms with van der Waals surface area (Å²) in [5.41, 5.74) is 0. The van der Waals surface area contributed by atoms with Crippen LogP contribution >= 0.6 is 0 Å². The van der Waals surface area contributed by atoms with Crippen molar-refractivity contribution in [2.45, 2.75) is 25.0 Å². The second-order valence-corrected chi connectivity index (χ2v) is 5.43. The van der Waals surface area contributed by atoms with Crippen LogP contribution in [0.2, 0.25) is 0 Å². The highest BCUT2D eigenvalue weighted by atomic mass is 16.5. The van der Waals surface area contributed by atoms with E-state index in [2.05, 4.69) is 5.32 Å². The quantitative estimate of drug-likeness (QED) is 0.579. The first-order chi connectivity index (χ1) is 10.5. The van der Waals surface area contributed by atoms with E-state index >= 15 is 0 Å². The smallest absolute Gasteiger partial charge is 0.326 e. The normalized spacial score (nSPS) is 23.2. The topological polar surface area (TPSA) is 119 Å². The Hall–Kier alpha value is -1.87. The van der Waals surface area contributed by atoms with E-state index < -0.39 is 24.1 Å². The fourth-order valence-corrected chi connectivity index (χ4v) is 2.48. The SMILES string of the molecule is O=C(O)[C@@H](CC(=O)N1CCOCC1)NC(=O)N1CC[C@@H](O)C1. The molecule has 9 nitrogen and oxygen atoms in total. The van der Waals surface area contributed by atoms with Gasteiger partial charge in [-0.05, 0) is 6.42 Å². The van der Waals surface area contributed by atoms with Gasteiger partial charge in [0.1, 0.15) is 6.04 Å². The van der Waals surface area contributed by atoms with E-state index in [1.165, 1.54) is 9.80 Å². The molecule has 2 rings (SSSR count). The molecule has 2 fully saturated rings. The number of carbonyl (C=O) groups excluding carboxylic acids is 2. The molecule has 22 heavy (non-hydrogen) atoms. The van der Waals surface area contributed by atoms with Crippen LogP contribution in [0.4, 0.5) is 4.79 Å². The summed E-state index contributed by atoms with van der Waals surface area (Å²) in [5.74, 6) is -1.58. The molecule has 0 unspecified atom stereocenters. The number of likely N-dealkylation sites (tertiary alicyclic amines) is 1. The van der Waals surface area contributed by atoms with E-state index in [0.29, 0.717) is 39.3 Å². The summed E-state index contributed by atoms with van der Waals surface area (Å²) in [4.78, 5) is 38.2. The van der Waals surface area contributed by atoms with Gasteiger partial charge in [0.2, 0.25) is 5.91 Å². The van der Waals surface area contributed by atoms with Crippen LogP contribution in [0.25, 0.3) is 0 Å². The lowest BCUT2D eigenvalue weighted by atomic mass is 10.2. The van der Waals surface area contributed by atoms with Gasteiger partial charge in [-0.2, -0.15) is 0 Å². The molecule has 3 amide bonds. The first-order valence-corrected chi connectivity index (χ1v) is 7.29. The summed E-state index contributed by atoms with van der Waals surface area (Å²) in [5, 5.41) is 20.9. The lowest BCUT2D eigenvalue weighted by Gasteiger charge is -2.28. The number of nitrogens with zero attached hydrogens (tertiary/aromatic N) is 2. The minimum atomic E-state index is -1.28. The Balaban J connectivity index is 1.87. The zero-order valence-corrected chi connectivity index (χ0v) is 12.2. The van der Waals surface area contributed by atoms with E-state index in [9.17, 15) is 24.6 Å². The van der Waals surface area contributed by atoms with Crippen LogP contribution in [0.5, 0.6) is 0 Å². The van der Waals surface area contributed by atoms with Crippen LogP contribution < -0.4 is 5.32 Å². The molecule has 0 aromatic heterocycles. The number of rotatable bonds is 4. The van der Waals surface area contributed by atoms with Crippen molar-refractivity contribution in [1.82, 2.24) is 15.1 Å². The predicted molar refractivity (Wildman–Crippen MR) is 74.2 cm³/mol. The molecule has 124 valence electrons. The molecule has 0 radical (unpaired) electrons. The zero-order valence-electron chi connectivity index (χ0n) is 12.2. The van der Waals surface area contributed by atoms with Crippen molar-refractivity contribution in [3.63, 3.8) is 0 Å². The summed E-state index contributed by atoms with van der Waals surface area (Å²) < 4.78 is 5.13. The number of β-amino-alcohol motifs (C(OH)–C–C–N with tert-alkyl or cyclic N) is 1. The molecule has 2 aliphatic rings. The maximum Gasteiger partial charge on any atom is 0.326 e. The first kappa shape index (κ1) is 16.5. The molecule has 0 aromatic rings. The van der Waals surface area contributed by atoms with Gasteiger partial charge in [-0.25, -0.2) is 9.59 Å². The third kappa shape index (κ3) is 4.31.